The van der Waals surface area contributed by atoms with Gasteiger partial charge in [-0.3, -0.25) is 4.90 Å². The summed E-state index contributed by atoms with van der Waals surface area (Å²) in [5, 5.41) is 1.49. The van der Waals surface area contributed by atoms with Gasteiger partial charge in [0, 0.05) is 23.1 Å². The standard InChI is InChI=1S/C12H15Cl2N/c1-9-4-5-15(7-9)8-10-2-3-11(13)6-12(10)14/h2-3,6,9H,4-5,7-8H2,1H3. The molecule has 82 valence electrons. The molecule has 0 N–H and O–H groups in total. The van der Waals surface area contributed by atoms with Gasteiger partial charge in [0.1, 0.15) is 0 Å². The normalized spacial score (nSPS) is 22.2. The van der Waals surface area contributed by atoms with Crippen molar-refractivity contribution in [2.24, 2.45) is 5.92 Å². The van der Waals surface area contributed by atoms with Crippen molar-refractivity contribution < 1.29 is 0 Å². The predicted molar refractivity (Wildman–Crippen MR) is 65.5 cm³/mol. The molecule has 0 radical (unpaired) electrons. The van der Waals surface area contributed by atoms with Gasteiger partial charge in [-0.15, -0.1) is 0 Å². The fourth-order valence-corrected chi connectivity index (χ4v) is 2.53. The first-order chi connectivity index (χ1) is 7.15. The van der Waals surface area contributed by atoms with Gasteiger partial charge in [0.2, 0.25) is 0 Å². The van der Waals surface area contributed by atoms with E-state index in [9.17, 15) is 0 Å². The summed E-state index contributed by atoms with van der Waals surface area (Å²) in [7, 11) is 0. The summed E-state index contributed by atoms with van der Waals surface area (Å²) in [6, 6.07) is 5.74. The maximum atomic E-state index is 6.13. The number of hydrogen-bond donors (Lipinski definition) is 0. The van der Waals surface area contributed by atoms with Crippen LogP contribution in [0.1, 0.15) is 18.9 Å². The smallest absolute Gasteiger partial charge is 0.0465 e. The third kappa shape index (κ3) is 2.87. The van der Waals surface area contributed by atoms with Crippen LogP contribution in [0.3, 0.4) is 0 Å². The zero-order valence-corrected chi connectivity index (χ0v) is 10.4. The van der Waals surface area contributed by atoms with Crippen LogP contribution in [0.5, 0.6) is 0 Å². The second kappa shape index (κ2) is 4.73. The summed E-state index contributed by atoms with van der Waals surface area (Å²) in [6.07, 6.45) is 1.30. The molecule has 1 fully saturated rings. The van der Waals surface area contributed by atoms with Crippen molar-refractivity contribution in [3.8, 4) is 0 Å². The minimum absolute atomic E-state index is 0.707. The maximum Gasteiger partial charge on any atom is 0.0465 e. The van der Waals surface area contributed by atoms with E-state index in [1.54, 1.807) is 0 Å². The van der Waals surface area contributed by atoms with Crippen LogP contribution in [0.4, 0.5) is 0 Å². The van der Waals surface area contributed by atoms with Crippen LogP contribution in [0.2, 0.25) is 10.0 Å². The molecule has 3 heteroatoms. The molecule has 1 aromatic rings. The predicted octanol–water partition coefficient (Wildman–Crippen LogP) is 3.84. The summed E-state index contributed by atoms with van der Waals surface area (Å²) < 4.78 is 0. The second-order valence-corrected chi connectivity index (χ2v) is 5.21. The molecule has 0 spiro atoms. The van der Waals surface area contributed by atoms with Crippen molar-refractivity contribution in [2.75, 3.05) is 13.1 Å². The van der Waals surface area contributed by atoms with E-state index in [0.717, 1.165) is 17.5 Å². The molecule has 1 nitrogen and oxygen atoms in total. The quantitative estimate of drug-likeness (QED) is 0.764. The lowest BCUT2D eigenvalue weighted by molar-refractivity contribution is 0.320. The van der Waals surface area contributed by atoms with Crippen molar-refractivity contribution in [2.45, 2.75) is 19.9 Å². The van der Waals surface area contributed by atoms with Gasteiger partial charge in [-0.05, 0) is 36.6 Å². The molecule has 1 aliphatic heterocycles. The highest BCUT2D eigenvalue weighted by Crippen LogP contribution is 2.24. The van der Waals surface area contributed by atoms with Crippen molar-refractivity contribution in [1.29, 1.82) is 0 Å². The lowest BCUT2D eigenvalue weighted by Crippen LogP contribution is -2.19. The first kappa shape index (κ1) is 11.3. The van der Waals surface area contributed by atoms with Crippen LogP contribution < -0.4 is 0 Å². The Hall–Kier alpha value is -0.240. The van der Waals surface area contributed by atoms with Crippen molar-refractivity contribution >= 4 is 23.2 Å². The summed E-state index contributed by atoms with van der Waals surface area (Å²) in [5.74, 6) is 0.816. The summed E-state index contributed by atoms with van der Waals surface area (Å²) in [6.45, 7) is 5.60. The molecule has 0 bridgehead atoms. The van der Waals surface area contributed by atoms with Gasteiger partial charge in [-0.1, -0.05) is 36.2 Å². The van der Waals surface area contributed by atoms with Gasteiger partial charge >= 0.3 is 0 Å². The van der Waals surface area contributed by atoms with Crippen molar-refractivity contribution in [3.63, 3.8) is 0 Å². The second-order valence-electron chi connectivity index (χ2n) is 4.36. The summed E-state index contributed by atoms with van der Waals surface area (Å²) in [4.78, 5) is 2.44. The fraction of sp³-hybridized carbons (Fsp3) is 0.500. The molecule has 2 rings (SSSR count). The number of nitrogens with zero attached hydrogens (tertiary/aromatic N) is 1. The number of rotatable bonds is 2. The van der Waals surface area contributed by atoms with Gasteiger partial charge in [0.25, 0.3) is 0 Å². The Labute approximate surface area is 101 Å². The van der Waals surface area contributed by atoms with E-state index in [0.29, 0.717) is 5.02 Å². The Morgan fingerprint density at radius 2 is 2.20 bits per heavy atom. The molecule has 1 aliphatic rings. The van der Waals surface area contributed by atoms with Crippen molar-refractivity contribution in [3.05, 3.63) is 33.8 Å². The van der Waals surface area contributed by atoms with Gasteiger partial charge in [0.15, 0.2) is 0 Å². The Balaban J connectivity index is 2.04. The first-order valence-electron chi connectivity index (χ1n) is 5.31. The zero-order chi connectivity index (χ0) is 10.8. The first-order valence-corrected chi connectivity index (χ1v) is 6.07. The average Bonchev–Trinajstić information content (AvgIpc) is 2.56. The van der Waals surface area contributed by atoms with Crippen LogP contribution in [0.15, 0.2) is 18.2 Å². The van der Waals surface area contributed by atoms with E-state index in [4.69, 9.17) is 23.2 Å². The molecule has 15 heavy (non-hydrogen) atoms. The molecule has 0 amide bonds. The monoisotopic (exact) mass is 243 g/mol. The molecular formula is C12H15Cl2N. The highest BCUT2D eigenvalue weighted by Gasteiger charge is 2.19. The van der Waals surface area contributed by atoms with Crippen molar-refractivity contribution in [1.82, 2.24) is 4.90 Å². The fourth-order valence-electron chi connectivity index (χ4n) is 2.06. The van der Waals surface area contributed by atoms with Crippen LogP contribution in [-0.2, 0) is 6.54 Å². The number of hydrogen-bond acceptors (Lipinski definition) is 1. The molecule has 1 heterocycles. The topological polar surface area (TPSA) is 3.24 Å². The number of benzene rings is 1. The van der Waals surface area contributed by atoms with E-state index in [2.05, 4.69) is 11.8 Å². The summed E-state index contributed by atoms with van der Waals surface area (Å²) >= 11 is 12.0. The van der Waals surface area contributed by atoms with E-state index in [-0.39, 0.29) is 0 Å². The Morgan fingerprint density at radius 1 is 1.40 bits per heavy atom. The summed E-state index contributed by atoms with van der Waals surface area (Å²) in [5.41, 5.74) is 1.18. The third-order valence-corrected chi connectivity index (χ3v) is 3.50. The molecule has 1 atom stereocenters. The Kier molecular flexibility index (Phi) is 3.55. The van der Waals surface area contributed by atoms with Gasteiger partial charge in [-0.2, -0.15) is 0 Å². The van der Waals surface area contributed by atoms with Gasteiger partial charge in [0.05, 0.1) is 0 Å². The average molecular weight is 244 g/mol. The lowest BCUT2D eigenvalue weighted by atomic mass is 10.2. The van der Waals surface area contributed by atoms with E-state index in [1.165, 1.54) is 25.1 Å². The van der Waals surface area contributed by atoms with Crippen LogP contribution in [0, 0.1) is 5.92 Å². The molecule has 0 aromatic heterocycles. The van der Waals surface area contributed by atoms with E-state index in [1.807, 2.05) is 18.2 Å². The van der Waals surface area contributed by atoms with Gasteiger partial charge in [-0.25, -0.2) is 0 Å². The highest BCUT2D eigenvalue weighted by atomic mass is 35.5. The molecule has 1 saturated heterocycles. The molecule has 1 unspecified atom stereocenters. The molecular weight excluding hydrogens is 229 g/mol. The zero-order valence-electron chi connectivity index (χ0n) is 8.84. The molecule has 1 aromatic carbocycles. The number of halogens is 2. The largest absolute Gasteiger partial charge is 0.299 e. The SMILES string of the molecule is CC1CCN(Cc2ccc(Cl)cc2Cl)C1. The van der Waals surface area contributed by atoms with Gasteiger partial charge < -0.3 is 0 Å². The Bertz CT molecular complexity index is 351. The number of likely N-dealkylation sites (tertiary alicyclic amines) is 1. The third-order valence-electron chi connectivity index (χ3n) is 2.92. The van der Waals surface area contributed by atoms with Crippen LogP contribution in [-0.4, -0.2) is 18.0 Å². The molecule has 0 saturated carbocycles. The van der Waals surface area contributed by atoms with Crippen LogP contribution in [0.25, 0.3) is 0 Å². The lowest BCUT2D eigenvalue weighted by Gasteiger charge is -2.16. The maximum absolute atomic E-state index is 6.13. The Morgan fingerprint density at radius 3 is 2.80 bits per heavy atom. The molecule has 0 aliphatic carbocycles. The highest BCUT2D eigenvalue weighted by molar-refractivity contribution is 6.35. The minimum Gasteiger partial charge on any atom is -0.299 e. The minimum atomic E-state index is 0.707. The van der Waals surface area contributed by atoms with E-state index < -0.39 is 0 Å². The van der Waals surface area contributed by atoms with E-state index >= 15 is 0 Å². The van der Waals surface area contributed by atoms with Crippen LogP contribution >= 0.6 is 23.2 Å².